The predicted molar refractivity (Wildman–Crippen MR) is 66.8 cm³/mol. The van der Waals surface area contributed by atoms with Crippen LogP contribution < -0.4 is 4.90 Å². The van der Waals surface area contributed by atoms with Crippen LogP contribution in [0.25, 0.3) is 0 Å². The fourth-order valence-corrected chi connectivity index (χ4v) is 2.63. The third-order valence-corrected chi connectivity index (χ3v) is 3.60. The lowest BCUT2D eigenvalue weighted by Gasteiger charge is -2.27. The predicted octanol–water partition coefficient (Wildman–Crippen LogP) is 3.96. The monoisotopic (exact) mass is 268 g/mol. The van der Waals surface area contributed by atoms with Gasteiger partial charge in [-0.3, -0.25) is 0 Å². The Bertz CT molecular complexity index is 502. The van der Waals surface area contributed by atoms with E-state index in [2.05, 4.69) is 11.8 Å². The first-order valence-corrected chi connectivity index (χ1v) is 6.35. The van der Waals surface area contributed by atoms with E-state index in [1.54, 1.807) is 0 Å². The van der Waals surface area contributed by atoms with Crippen LogP contribution in [0, 0.1) is 11.3 Å². The van der Waals surface area contributed by atoms with Gasteiger partial charge in [-0.1, -0.05) is 6.92 Å². The quantitative estimate of drug-likeness (QED) is 0.811. The zero-order chi connectivity index (χ0) is 14.0. The molecule has 102 valence electrons. The molecule has 1 aromatic carbocycles. The van der Waals surface area contributed by atoms with Crippen LogP contribution in [0.2, 0.25) is 0 Å². The van der Waals surface area contributed by atoms with Gasteiger partial charge in [0.15, 0.2) is 0 Å². The molecule has 0 radical (unpaired) electrons. The molecule has 0 aromatic heterocycles. The highest BCUT2D eigenvalue weighted by molar-refractivity contribution is 5.61. The summed E-state index contributed by atoms with van der Waals surface area (Å²) in [4.78, 5) is 2.05. The summed E-state index contributed by atoms with van der Waals surface area (Å²) in [6, 6.07) is 5.64. The number of nitriles is 1. The van der Waals surface area contributed by atoms with Crippen LogP contribution in [-0.2, 0) is 6.18 Å². The van der Waals surface area contributed by atoms with E-state index in [-0.39, 0.29) is 5.56 Å². The van der Waals surface area contributed by atoms with Crippen molar-refractivity contribution in [1.29, 1.82) is 5.26 Å². The smallest absolute Gasteiger partial charge is 0.367 e. The lowest BCUT2D eigenvalue weighted by Crippen LogP contribution is -2.29. The van der Waals surface area contributed by atoms with Crippen LogP contribution in [-0.4, -0.2) is 12.6 Å². The molecule has 1 aliphatic rings. The molecule has 1 aromatic rings. The molecule has 1 aliphatic heterocycles. The van der Waals surface area contributed by atoms with Gasteiger partial charge in [-0.2, -0.15) is 18.4 Å². The number of hydrogen-bond acceptors (Lipinski definition) is 2. The molecule has 1 unspecified atom stereocenters. The highest BCUT2D eigenvalue weighted by Gasteiger charge is 2.32. The van der Waals surface area contributed by atoms with Gasteiger partial charge in [-0.05, 0) is 37.5 Å². The number of hydrogen-bond donors (Lipinski definition) is 0. The first kappa shape index (κ1) is 13.7. The molecule has 0 bridgehead atoms. The Morgan fingerprint density at radius 2 is 2.16 bits per heavy atom. The van der Waals surface area contributed by atoms with E-state index in [0.29, 0.717) is 11.7 Å². The van der Waals surface area contributed by atoms with E-state index in [1.165, 1.54) is 6.07 Å². The normalized spacial score (nSPS) is 19.5. The van der Waals surface area contributed by atoms with Crippen molar-refractivity contribution in [3.05, 3.63) is 29.3 Å². The molecule has 5 heteroatoms. The van der Waals surface area contributed by atoms with Crippen LogP contribution in [0.3, 0.4) is 0 Å². The molecule has 1 fully saturated rings. The summed E-state index contributed by atoms with van der Waals surface area (Å²) >= 11 is 0. The summed E-state index contributed by atoms with van der Waals surface area (Å²) < 4.78 is 37.9. The molecule has 2 rings (SSSR count). The lowest BCUT2D eigenvalue weighted by atomic mass is 10.1. The number of anilines is 1. The summed E-state index contributed by atoms with van der Waals surface area (Å²) in [7, 11) is 0. The zero-order valence-corrected chi connectivity index (χ0v) is 10.7. The van der Waals surface area contributed by atoms with E-state index in [1.807, 2.05) is 6.07 Å². The van der Waals surface area contributed by atoms with Crippen molar-refractivity contribution in [2.45, 2.75) is 38.4 Å². The minimum absolute atomic E-state index is 0.107. The minimum atomic E-state index is -4.40. The van der Waals surface area contributed by atoms with Crippen molar-refractivity contribution in [2.75, 3.05) is 11.4 Å². The van der Waals surface area contributed by atoms with Crippen molar-refractivity contribution in [2.24, 2.45) is 0 Å². The first-order valence-electron chi connectivity index (χ1n) is 6.35. The Hall–Kier alpha value is -1.70. The number of alkyl halides is 3. The summed E-state index contributed by atoms with van der Waals surface area (Å²) in [6.45, 7) is 2.86. The third-order valence-electron chi connectivity index (χ3n) is 3.60. The van der Waals surface area contributed by atoms with Crippen molar-refractivity contribution in [3.8, 4) is 6.07 Å². The second-order valence-electron chi connectivity index (χ2n) is 4.74. The summed E-state index contributed by atoms with van der Waals surface area (Å²) in [5.41, 5.74) is -0.0323. The van der Waals surface area contributed by atoms with E-state index < -0.39 is 11.7 Å². The molecule has 1 atom stereocenters. The Balaban J connectivity index is 2.40. The van der Waals surface area contributed by atoms with Crippen molar-refractivity contribution in [3.63, 3.8) is 0 Å². The second kappa shape index (κ2) is 5.12. The molecular weight excluding hydrogens is 253 g/mol. The van der Waals surface area contributed by atoms with Crippen LogP contribution in [0.1, 0.15) is 37.3 Å². The molecule has 1 heterocycles. The lowest BCUT2D eigenvalue weighted by molar-refractivity contribution is -0.137. The van der Waals surface area contributed by atoms with Crippen molar-refractivity contribution in [1.82, 2.24) is 0 Å². The maximum atomic E-state index is 12.6. The maximum absolute atomic E-state index is 12.6. The fourth-order valence-electron chi connectivity index (χ4n) is 2.63. The van der Waals surface area contributed by atoms with Crippen molar-refractivity contribution < 1.29 is 13.2 Å². The first-order chi connectivity index (χ1) is 8.97. The SMILES string of the molecule is CCC1CCCN1c1ccc(C(F)(F)F)cc1C#N. The molecule has 0 N–H and O–H groups in total. The Kier molecular flexibility index (Phi) is 3.70. The third kappa shape index (κ3) is 2.67. The Labute approximate surface area is 110 Å². The highest BCUT2D eigenvalue weighted by atomic mass is 19.4. The highest BCUT2D eigenvalue weighted by Crippen LogP contribution is 2.35. The van der Waals surface area contributed by atoms with E-state index >= 15 is 0 Å². The van der Waals surface area contributed by atoms with E-state index in [9.17, 15) is 13.2 Å². The Morgan fingerprint density at radius 3 is 2.74 bits per heavy atom. The van der Waals surface area contributed by atoms with Gasteiger partial charge in [0.25, 0.3) is 0 Å². The summed E-state index contributed by atoms with van der Waals surface area (Å²) in [5, 5.41) is 9.08. The molecule has 19 heavy (non-hydrogen) atoms. The molecule has 1 saturated heterocycles. The van der Waals surface area contributed by atoms with Gasteiger partial charge < -0.3 is 4.90 Å². The van der Waals surface area contributed by atoms with Crippen LogP contribution in [0.5, 0.6) is 0 Å². The topological polar surface area (TPSA) is 27.0 Å². The van der Waals surface area contributed by atoms with Gasteiger partial charge in [0.2, 0.25) is 0 Å². The van der Waals surface area contributed by atoms with E-state index in [0.717, 1.165) is 37.9 Å². The van der Waals surface area contributed by atoms with Gasteiger partial charge in [0, 0.05) is 12.6 Å². The van der Waals surface area contributed by atoms with E-state index in [4.69, 9.17) is 5.26 Å². The molecule has 0 spiro atoms. The molecule has 0 aliphatic carbocycles. The zero-order valence-electron chi connectivity index (χ0n) is 10.7. The Morgan fingerprint density at radius 1 is 1.42 bits per heavy atom. The van der Waals surface area contributed by atoms with Crippen LogP contribution >= 0.6 is 0 Å². The van der Waals surface area contributed by atoms with Gasteiger partial charge in [0.05, 0.1) is 16.8 Å². The number of benzene rings is 1. The second-order valence-corrected chi connectivity index (χ2v) is 4.74. The van der Waals surface area contributed by atoms with Gasteiger partial charge in [0.1, 0.15) is 6.07 Å². The number of rotatable bonds is 2. The average molecular weight is 268 g/mol. The molecular formula is C14H15F3N2. The standard InChI is InChI=1S/C14H15F3N2/c1-2-12-4-3-7-19(12)13-6-5-11(14(15,16)17)8-10(13)9-18/h5-6,8,12H,2-4,7H2,1H3. The van der Waals surface area contributed by atoms with Crippen molar-refractivity contribution >= 4 is 5.69 Å². The fraction of sp³-hybridized carbons (Fsp3) is 0.500. The summed E-state index contributed by atoms with van der Waals surface area (Å²) in [6.07, 6.45) is -1.42. The minimum Gasteiger partial charge on any atom is -0.367 e. The maximum Gasteiger partial charge on any atom is 0.416 e. The molecule has 2 nitrogen and oxygen atoms in total. The summed E-state index contributed by atoms with van der Waals surface area (Å²) in [5.74, 6) is 0. The number of nitrogens with zero attached hydrogens (tertiary/aromatic N) is 2. The number of halogens is 3. The average Bonchev–Trinajstić information content (AvgIpc) is 2.84. The molecule has 0 amide bonds. The largest absolute Gasteiger partial charge is 0.416 e. The van der Waals surface area contributed by atoms with Gasteiger partial charge >= 0.3 is 6.18 Å². The molecule has 0 saturated carbocycles. The van der Waals surface area contributed by atoms with Crippen LogP contribution in [0.4, 0.5) is 18.9 Å². The van der Waals surface area contributed by atoms with Gasteiger partial charge in [-0.25, -0.2) is 0 Å². The van der Waals surface area contributed by atoms with Gasteiger partial charge in [-0.15, -0.1) is 0 Å². The van der Waals surface area contributed by atoms with Crippen LogP contribution in [0.15, 0.2) is 18.2 Å².